The molecule has 1 fully saturated rings. The van der Waals surface area contributed by atoms with E-state index in [1.54, 1.807) is 16.7 Å². The summed E-state index contributed by atoms with van der Waals surface area (Å²) in [7, 11) is 0. The molecular formula is C20H30N2O2S. The van der Waals surface area contributed by atoms with Crippen molar-refractivity contribution in [2.45, 2.75) is 64.3 Å². The Morgan fingerprint density at radius 3 is 2.64 bits per heavy atom. The molecule has 138 valence electrons. The average Bonchev–Trinajstić information content (AvgIpc) is 3.05. The van der Waals surface area contributed by atoms with E-state index in [0.29, 0.717) is 17.9 Å². The summed E-state index contributed by atoms with van der Waals surface area (Å²) in [4.78, 5) is 27.6. The molecule has 4 nitrogen and oxygen atoms in total. The summed E-state index contributed by atoms with van der Waals surface area (Å²) < 4.78 is 0. The number of nitrogens with zero attached hydrogens (tertiary/aromatic N) is 1. The number of hydrogen-bond acceptors (Lipinski definition) is 3. The SMILES string of the molecule is CCCCCCNC(=O)C1CSC(CC)N1C(=O)c1ccccc1C. The van der Waals surface area contributed by atoms with Crippen molar-refractivity contribution < 1.29 is 9.59 Å². The Balaban J connectivity index is 2.05. The summed E-state index contributed by atoms with van der Waals surface area (Å²) >= 11 is 1.71. The molecule has 25 heavy (non-hydrogen) atoms. The van der Waals surface area contributed by atoms with E-state index in [4.69, 9.17) is 0 Å². The first-order valence-electron chi connectivity index (χ1n) is 9.37. The maximum Gasteiger partial charge on any atom is 0.255 e. The minimum absolute atomic E-state index is 0.0121. The summed E-state index contributed by atoms with van der Waals surface area (Å²) in [6, 6.07) is 7.25. The number of nitrogens with one attached hydrogen (secondary N) is 1. The summed E-state index contributed by atoms with van der Waals surface area (Å²) in [5.41, 5.74) is 1.65. The van der Waals surface area contributed by atoms with Crippen LogP contribution in [-0.4, -0.2) is 40.4 Å². The van der Waals surface area contributed by atoms with Gasteiger partial charge in [-0.15, -0.1) is 11.8 Å². The molecule has 2 atom stereocenters. The van der Waals surface area contributed by atoms with Gasteiger partial charge in [0, 0.05) is 17.9 Å². The summed E-state index contributed by atoms with van der Waals surface area (Å²) in [6.45, 7) is 6.89. The number of unbranched alkanes of at least 4 members (excludes halogenated alkanes) is 3. The lowest BCUT2D eigenvalue weighted by Crippen LogP contribution is -2.50. The standard InChI is InChI=1S/C20H30N2O2S/c1-4-6-7-10-13-21-19(23)17-14-25-18(5-2)22(17)20(24)16-12-9-8-11-15(16)3/h8-9,11-12,17-18H,4-7,10,13-14H2,1-3H3,(H,21,23). The largest absolute Gasteiger partial charge is 0.354 e. The van der Waals surface area contributed by atoms with Crippen molar-refractivity contribution in [3.63, 3.8) is 0 Å². The molecule has 0 aromatic heterocycles. The Morgan fingerprint density at radius 1 is 1.20 bits per heavy atom. The molecule has 1 aromatic carbocycles. The molecule has 5 heteroatoms. The zero-order valence-corrected chi connectivity index (χ0v) is 16.4. The Kier molecular flexibility index (Phi) is 7.82. The van der Waals surface area contributed by atoms with Crippen molar-refractivity contribution in [1.82, 2.24) is 10.2 Å². The third kappa shape index (κ3) is 5.00. The van der Waals surface area contributed by atoms with Gasteiger partial charge in [-0.25, -0.2) is 0 Å². The van der Waals surface area contributed by atoms with Gasteiger partial charge in [-0.1, -0.05) is 51.3 Å². The van der Waals surface area contributed by atoms with Crippen LogP contribution in [0.3, 0.4) is 0 Å². The first-order chi connectivity index (χ1) is 12.1. The molecule has 2 rings (SSSR count). The van der Waals surface area contributed by atoms with E-state index in [0.717, 1.165) is 24.8 Å². The van der Waals surface area contributed by atoms with Crippen LogP contribution in [0.4, 0.5) is 0 Å². The van der Waals surface area contributed by atoms with E-state index in [-0.39, 0.29) is 23.2 Å². The number of benzene rings is 1. The first kappa shape index (κ1) is 19.8. The van der Waals surface area contributed by atoms with E-state index < -0.39 is 0 Å². The predicted molar refractivity (Wildman–Crippen MR) is 105 cm³/mol. The molecule has 0 radical (unpaired) electrons. The van der Waals surface area contributed by atoms with Crippen LogP contribution in [0.5, 0.6) is 0 Å². The fourth-order valence-electron chi connectivity index (χ4n) is 3.19. The predicted octanol–water partition coefficient (Wildman–Crippen LogP) is 3.99. The number of hydrogen-bond donors (Lipinski definition) is 1. The van der Waals surface area contributed by atoms with Gasteiger partial charge in [0.2, 0.25) is 5.91 Å². The summed E-state index contributed by atoms with van der Waals surface area (Å²) in [5.74, 6) is 0.639. The quantitative estimate of drug-likeness (QED) is 0.712. The smallest absolute Gasteiger partial charge is 0.255 e. The van der Waals surface area contributed by atoms with Crippen LogP contribution in [0.15, 0.2) is 24.3 Å². The van der Waals surface area contributed by atoms with E-state index >= 15 is 0 Å². The van der Waals surface area contributed by atoms with Crippen molar-refractivity contribution in [2.75, 3.05) is 12.3 Å². The highest BCUT2D eigenvalue weighted by Crippen LogP contribution is 2.33. The molecule has 0 saturated carbocycles. The van der Waals surface area contributed by atoms with Crippen LogP contribution >= 0.6 is 11.8 Å². The number of thioether (sulfide) groups is 1. The fourth-order valence-corrected chi connectivity index (χ4v) is 4.54. The maximum absolute atomic E-state index is 13.1. The van der Waals surface area contributed by atoms with Gasteiger partial charge in [-0.3, -0.25) is 9.59 Å². The zero-order valence-electron chi connectivity index (χ0n) is 15.6. The highest BCUT2D eigenvalue weighted by Gasteiger charge is 2.41. The average molecular weight is 363 g/mol. The second kappa shape index (κ2) is 9.85. The molecule has 1 aliphatic rings. The third-order valence-corrected chi connectivity index (χ3v) is 6.14. The lowest BCUT2D eigenvalue weighted by molar-refractivity contribution is -0.124. The van der Waals surface area contributed by atoms with Gasteiger partial charge in [-0.2, -0.15) is 0 Å². The number of aryl methyl sites for hydroxylation is 1. The summed E-state index contributed by atoms with van der Waals surface area (Å²) in [5, 5.41) is 3.11. The molecular weight excluding hydrogens is 332 g/mol. The topological polar surface area (TPSA) is 49.4 Å². The minimum atomic E-state index is -0.367. The minimum Gasteiger partial charge on any atom is -0.354 e. The van der Waals surface area contributed by atoms with Crippen molar-refractivity contribution in [3.8, 4) is 0 Å². The molecule has 0 aliphatic carbocycles. The van der Waals surface area contributed by atoms with Crippen LogP contribution in [0.2, 0.25) is 0 Å². The third-order valence-electron chi connectivity index (χ3n) is 4.68. The highest BCUT2D eigenvalue weighted by molar-refractivity contribution is 8.00. The van der Waals surface area contributed by atoms with Crippen LogP contribution in [0.1, 0.15) is 61.9 Å². The van der Waals surface area contributed by atoms with Crippen molar-refractivity contribution >= 4 is 23.6 Å². The summed E-state index contributed by atoms with van der Waals surface area (Å²) in [6.07, 6.45) is 5.37. The van der Waals surface area contributed by atoms with Gasteiger partial charge in [0.05, 0.1) is 5.37 Å². The lowest BCUT2D eigenvalue weighted by atomic mass is 10.1. The van der Waals surface area contributed by atoms with Gasteiger partial charge >= 0.3 is 0 Å². The molecule has 1 N–H and O–H groups in total. The van der Waals surface area contributed by atoms with Gasteiger partial charge in [-0.05, 0) is 31.4 Å². The zero-order chi connectivity index (χ0) is 18.2. The Bertz CT molecular complexity index is 591. The van der Waals surface area contributed by atoms with E-state index in [9.17, 15) is 9.59 Å². The van der Waals surface area contributed by atoms with E-state index in [2.05, 4.69) is 19.2 Å². The maximum atomic E-state index is 13.1. The Labute approximate surface area is 155 Å². The van der Waals surface area contributed by atoms with Crippen LogP contribution < -0.4 is 5.32 Å². The fraction of sp³-hybridized carbons (Fsp3) is 0.600. The molecule has 1 saturated heterocycles. The van der Waals surface area contributed by atoms with Crippen molar-refractivity contribution in [1.29, 1.82) is 0 Å². The normalized spacial score (nSPS) is 19.9. The second-order valence-corrected chi connectivity index (χ2v) is 7.80. The number of carbonyl (C=O) groups is 2. The van der Waals surface area contributed by atoms with Gasteiger partial charge in [0.25, 0.3) is 5.91 Å². The highest BCUT2D eigenvalue weighted by atomic mass is 32.2. The molecule has 0 spiro atoms. The van der Waals surface area contributed by atoms with Gasteiger partial charge in [0.15, 0.2) is 0 Å². The monoisotopic (exact) mass is 362 g/mol. The first-order valence-corrected chi connectivity index (χ1v) is 10.4. The second-order valence-electron chi connectivity index (χ2n) is 6.59. The number of carbonyl (C=O) groups excluding carboxylic acids is 2. The Hall–Kier alpha value is -1.49. The Morgan fingerprint density at radius 2 is 1.96 bits per heavy atom. The van der Waals surface area contributed by atoms with Gasteiger partial charge < -0.3 is 10.2 Å². The number of rotatable bonds is 8. The van der Waals surface area contributed by atoms with Crippen LogP contribution in [0.25, 0.3) is 0 Å². The van der Waals surface area contributed by atoms with Crippen molar-refractivity contribution in [3.05, 3.63) is 35.4 Å². The lowest BCUT2D eigenvalue weighted by Gasteiger charge is -2.29. The molecule has 0 bridgehead atoms. The van der Waals surface area contributed by atoms with Crippen LogP contribution in [-0.2, 0) is 4.79 Å². The van der Waals surface area contributed by atoms with Gasteiger partial charge in [0.1, 0.15) is 6.04 Å². The molecule has 2 unspecified atom stereocenters. The van der Waals surface area contributed by atoms with E-state index in [1.807, 2.05) is 31.2 Å². The number of amides is 2. The van der Waals surface area contributed by atoms with Crippen LogP contribution in [0, 0.1) is 6.92 Å². The molecule has 1 aromatic rings. The molecule has 2 amide bonds. The van der Waals surface area contributed by atoms with E-state index in [1.165, 1.54) is 12.8 Å². The molecule has 1 aliphatic heterocycles. The molecule has 1 heterocycles. The van der Waals surface area contributed by atoms with Crippen molar-refractivity contribution in [2.24, 2.45) is 0 Å².